The molecule has 0 spiro atoms. The molecule has 0 fully saturated rings. The highest BCUT2D eigenvalue weighted by Crippen LogP contribution is 2.30. The lowest BCUT2D eigenvalue weighted by Gasteiger charge is -2.23. The average molecular weight is 370 g/mol. The molecular formula is C20H20ClN3O2. The molecule has 0 radical (unpaired) electrons. The third-order valence-corrected chi connectivity index (χ3v) is 4.23. The van der Waals surface area contributed by atoms with Crippen LogP contribution in [0, 0.1) is 5.41 Å². The van der Waals surface area contributed by atoms with E-state index in [2.05, 4.69) is 15.5 Å². The van der Waals surface area contributed by atoms with E-state index in [1.54, 1.807) is 6.07 Å². The van der Waals surface area contributed by atoms with Crippen LogP contribution in [0.2, 0.25) is 5.02 Å². The van der Waals surface area contributed by atoms with Crippen LogP contribution in [0.25, 0.3) is 11.5 Å². The van der Waals surface area contributed by atoms with Crippen molar-refractivity contribution in [3.63, 3.8) is 0 Å². The molecule has 1 amide bonds. The Hall–Kier alpha value is -2.66. The van der Waals surface area contributed by atoms with Gasteiger partial charge in [0, 0.05) is 21.6 Å². The van der Waals surface area contributed by atoms with Crippen LogP contribution in [0.3, 0.4) is 0 Å². The van der Waals surface area contributed by atoms with Crippen molar-refractivity contribution in [3.05, 3.63) is 71.1 Å². The number of carbonyl (C=O) groups is 1. The molecule has 0 saturated carbocycles. The normalized spacial score (nSPS) is 12.6. The Morgan fingerprint density at radius 3 is 2.35 bits per heavy atom. The summed E-state index contributed by atoms with van der Waals surface area (Å²) in [7, 11) is 0. The molecule has 26 heavy (non-hydrogen) atoms. The Morgan fingerprint density at radius 1 is 1.04 bits per heavy atom. The molecule has 0 saturated heterocycles. The molecule has 1 heterocycles. The number of benzene rings is 2. The lowest BCUT2D eigenvalue weighted by atomic mass is 9.94. The van der Waals surface area contributed by atoms with Crippen LogP contribution in [0.5, 0.6) is 0 Å². The largest absolute Gasteiger partial charge is 0.418 e. The maximum atomic E-state index is 12.6. The first-order valence-corrected chi connectivity index (χ1v) is 8.68. The highest BCUT2D eigenvalue weighted by molar-refractivity contribution is 6.31. The van der Waals surface area contributed by atoms with E-state index in [-0.39, 0.29) is 11.8 Å². The van der Waals surface area contributed by atoms with Gasteiger partial charge in [-0.2, -0.15) is 0 Å². The fourth-order valence-corrected chi connectivity index (χ4v) is 2.62. The van der Waals surface area contributed by atoms with Gasteiger partial charge in [-0.15, -0.1) is 10.2 Å². The zero-order valence-corrected chi connectivity index (χ0v) is 15.6. The summed E-state index contributed by atoms with van der Waals surface area (Å²) < 4.78 is 5.86. The topological polar surface area (TPSA) is 68.0 Å². The number of nitrogens with zero attached hydrogens (tertiary/aromatic N) is 2. The van der Waals surface area contributed by atoms with Gasteiger partial charge >= 0.3 is 0 Å². The van der Waals surface area contributed by atoms with Gasteiger partial charge in [-0.25, -0.2) is 0 Å². The molecule has 2 aromatic carbocycles. The van der Waals surface area contributed by atoms with Crippen molar-refractivity contribution in [1.29, 1.82) is 0 Å². The molecule has 134 valence electrons. The molecule has 1 aromatic heterocycles. The first-order chi connectivity index (χ1) is 12.4. The number of hydrogen-bond donors (Lipinski definition) is 1. The first-order valence-electron chi connectivity index (χ1n) is 8.30. The zero-order valence-electron chi connectivity index (χ0n) is 14.9. The van der Waals surface area contributed by atoms with Gasteiger partial charge in [0.1, 0.15) is 6.04 Å². The second kappa shape index (κ2) is 7.30. The molecule has 3 rings (SSSR count). The summed E-state index contributed by atoms with van der Waals surface area (Å²) in [4.78, 5) is 12.6. The summed E-state index contributed by atoms with van der Waals surface area (Å²) in [5.41, 5.74) is 0.947. The van der Waals surface area contributed by atoms with Gasteiger partial charge < -0.3 is 9.73 Å². The third kappa shape index (κ3) is 3.94. The fraction of sp³-hybridized carbons (Fsp3) is 0.250. The summed E-state index contributed by atoms with van der Waals surface area (Å²) in [6.45, 7) is 5.53. The van der Waals surface area contributed by atoms with E-state index in [1.807, 2.05) is 69.3 Å². The Morgan fingerprint density at radius 2 is 1.69 bits per heavy atom. The van der Waals surface area contributed by atoms with Gasteiger partial charge in [-0.3, -0.25) is 4.79 Å². The SMILES string of the molecule is CC(C)(C)C(=O)N[C@H](c1nnc(-c2ccccc2)o1)c1ccccc1Cl. The smallest absolute Gasteiger partial charge is 0.247 e. The van der Waals surface area contributed by atoms with Gasteiger partial charge in [0.2, 0.25) is 17.7 Å². The first kappa shape index (κ1) is 18.1. The molecule has 5 nitrogen and oxygen atoms in total. The lowest BCUT2D eigenvalue weighted by Crippen LogP contribution is -2.38. The van der Waals surface area contributed by atoms with E-state index in [1.165, 1.54) is 0 Å². The van der Waals surface area contributed by atoms with E-state index >= 15 is 0 Å². The molecule has 1 atom stereocenters. The van der Waals surface area contributed by atoms with Crippen LogP contribution in [0.4, 0.5) is 0 Å². The predicted octanol–water partition coefficient (Wildman–Crippen LogP) is 4.64. The summed E-state index contributed by atoms with van der Waals surface area (Å²) in [5, 5.41) is 11.8. The standard InChI is InChI=1S/C20H20ClN3O2/c1-20(2,3)19(25)22-16(14-11-7-8-12-15(14)21)18-24-23-17(26-18)13-9-5-4-6-10-13/h4-12,16H,1-3H3,(H,22,25)/t16-/m0/s1. The average Bonchev–Trinajstić information content (AvgIpc) is 3.10. The van der Waals surface area contributed by atoms with Crippen LogP contribution in [0.15, 0.2) is 59.0 Å². The van der Waals surface area contributed by atoms with Crippen molar-refractivity contribution >= 4 is 17.5 Å². The van der Waals surface area contributed by atoms with E-state index in [4.69, 9.17) is 16.0 Å². The third-order valence-electron chi connectivity index (χ3n) is 3.88. The number of amides is 1. The molecule has 0 unspecified atom stereocenters. The number of rotatable bonds is 4. The molecular weight excluding hydrogens is 350 g/mol. The summed E-state index contributed by atoms with van der Waals surface area (Å²) >= 11 is 6.35. The Labute approximate surface area is 157 Å². The van der Waals surface area contributed by atoms with Crippen molar-refractivity contribution in [3.8, 4) is 11.5 Å². The second-order valence-corrected chi connectivity index (χ2v) is 7.40. The molecule has 6 heteroatoms. The minimum absolute atomic E-state index is 0.137. The Kier molecular flexibility index (Phi) is 5.09. The van der Waals surface area contributed by atoms with Gasteiger partial charge in [-0.05, 0) is 18.2 Å². The van der Waals surface area contributed by atoms with Gasteiger partial charge in [-0.1, -0.05) is 68.8 Å². The maximum Gasteiger partial charge on any atom is 0.247 e. The van der Waals surface area contributed by atoms with E-state index in [0.29, 0.717) is 16.5 Å². The van der Waals surface area contributed by atoms with Gasteiger partial charge in [0.05, 0.1) is 0 Å². The van der Waals surface area contributed by atoms with Crippen molar-refractivity contribution < 1.29 is 9.21 Å². The molecule has 1 N–H and O–H groups in total. The summed E-state index contributed by atoms with van der Waals surface area (Å²) in [6.07, 6.45) is 0. The quantitative estimate of drug-likeness (QED) is 0.727. The van der Waals surface area contributed by atoms with Crippen LogP contribution < -0.4 is 5.32 Å². The molecule has 0 aliphatic heterocycles. The molecule has 3 aromatic rings. The Bertz CT molecular complexity index is 901. The number of hydrogen-bond acceptors (Lipinski definition) is 4. The fourth-order valence-electron chi connectivity index (χ4n) is 2.38. The molecule has 0 aliphatic rings. The van der Waals surface area contributed by atoms with Crippen LogP contribution >= 0.6 is 11.6 Å². The predicted molar refractivity (Wildman–Crippen MR) is 101 cm³/mol. The monoisotopic (exact) mass is 369 g/mol. The van der Waals surface area contributed by atoms with Gasteiger partial charge in [0.15, 0.2) is 0 Å². The van der Waals surface area contributed by atoms with E-state index < -0.39 is 11.5 Å². The summed E-state index contributed by atoms with van der Waals surface area (Å²) in [5.74, 6) is 0.541. The van der Waals surface area contributed by atoms with Crippen LogP contribution in [0.1, 0.15) is 38.3 Å². The van der Waals surface area contributed by atoms with E-state index in [9.17, 15) is 4.79 Å². The van der Waals surface area contributed by atoms with Crippen molar-refractivity contribution in [2.24, 2.45) is 5.41 Å². The lowest BCUT2D eigenvalue weighted by molar-refractivity contribution is -0.129. The van der Waals surface area contributed by atoms with E-state index in [0.717, 1.165) is 5.56 Å². The highest BCUT2D eigenvalue weighted by Gasteiger charge is 2.30. The Balaban J connectivity index is 2.00. The molecule has 0 bridgehead atoms. The number of nitrogens with one attached hydrogen (secondary N) is 1. The number of halogens is 1. The van der Waals surface area contributed by atoms with Crippen molar-refractivity contribution in [2.75, 3.05) is 0 Å². The van der Waals surface area contributed by atoms with Crippen molar-refractivity contribution in [1.82, 2.24) is 15.5 Å². The van der Waals surface area contributed by atoms with Crippen LogP contribution in [-0.4, -0.2) is 16.1 Å². The minimum atomic E-state index is -0.625. The number of aromatic nitrogens is 2. The summed E-state index contributed by atoms with van der Waals surface area (Å²) in [6, 6.07) is 16.1. The van der Waals surface area contributed by atoms with Crippen LogP contribution in [-0.2, 0) is 4.79 Å². The van der Waals surface area contributed by atoms with Gasteiger partial charge in [0.25, 0.3) is 0 Å². The minimum Gasteiger partial charge on any atom is -0.418 e. The number of carbonyl (C=O) groups excluding carboxylic acids is 1. The second-order valence-electron chi connectivity index (χ2n) is 6.99. The highest BCUT2D eigenvalue weighted by atomic mass is 35.5. The zero-order chi connectivity index (χ0) is 18.7. The maximum absolute atomic E-state index is 12.6. The van der Waals surface area contributed by atoms with Crippen molar-refractivity contribution in [2.45, 2.75) is 26.8 Å². The molecule has 0 aliphatic carbocycles.